The molecular weight excluding hydrogens is 510 g/mol. The molecule has 5 atom stereocenters. The van der Waals surface area contributed by atoms with E-state index in [4.69, 9.17) is 21.2 Å². The molecule has 1 saturated carbocycles. The van der Waals surface area contributed by atoms with Crippen LogP contribution in [0.5, 0.6) is 0 Å². The molecule has 0 spiro atoms. The first-order chi connectivity index (χ1) is 17.8. The van der Waals surface area contributed by atoms with Crippen LogP contribution in [-0.4, -0.2) is 73.7 Å². The van der Waals surface area contributed by atoms with Gasteiger partial charge in [0.05, 0.1) is 29.2 Å². The summed E-state index contributed by atoms with van der Waals surface area (Å²) in [5.41, 5.74) is 15.9. The molecule has 2 fully saturated rings. The van der Waals surface area contributed by atoms with Crippen molar-refractivity contribution in [3.8, 4) is 0 Å². The largest absolute Gasteiger partial charge is 0.397 e. The number of aliphatic imine (C=N–C) groups is 1. The lowest BCUT2D eigenvalue weighted by atomic mass is 9.87. The standard InChI is InChI=1S/C25H33N7O5S/c1-25(2,3)14-4-5-15(26)17(9-14)31-16-8-13(16)6-7-38(35,36)10-18-20(33)21(34)24(37-18)32-12-30-19-22(27)28-11-29-23(19)32/h4-5,9,11-13,18,20-21,24,33-34H,6-8,10,26H2,1-3H3,(H2,27,28,29)/b31-16+/t13?,18-,20-,21-,24-/m1/s1. The van der Waals surface area contributed by atoms with Gasteiger partial charge in [0.25, 0.3) is 0 Å². The Morgan fingerprint density at radius 2 is 1.92 bits per heavy atom. The highest BCUT2D eigenvalue weighted by molar-refractivity contribution is 7.91. The average Bonchev–Trinajstić information content (AvgIpc) is 3.35. The van der Waals surface area contributed by atoms with E-state index in [9.17, 15) is 18.6 Å². The third kappa shape index (κ3) is 5.23. The van der Waals surface area contributed by atoms with Crippen molar-refractivity contribution in [2.45, 2.75) is 63.6 Å². The lowest BCUT2D eigenvalue weighted by Gasteiger charge is -2.19. The van der Waals surface area contributed by atoms with Gasteiger partial charge in [-0.25, -0.2) is 23.4 Å². The molecule has 0 amide bonds. The third-order valence-electron chi connectivity index (χ3n) is 7.12. The average molecular weight is 544 g/mol. The Bertz CT molecular complexity index is 1500. The minimum Gasteiger partial charge on any atom is -0.397 e. The van der Waals surface area contributed by atoms with E-state index in [0.717, 1.165) is 17.7 Å². The fourth-order valence-corrected chi connectivity index (χ4v) is 6.26. The summed E-state index contributed by atoms with van der Waals surface area (Å²) in [6.07, 6.45) is -1.20. The van der Waals surface area contributed by atoms with Crippen molar-refractivity contribution in [2.24, 2.45) is 10.9 Å². The highest BCUT2D eigenvalue weighted by Gasteiger charge is 2.46. The molecule has 1 aliphatic carbocycles. The first-order valence-electron chi connectivity index (χ1n) is 12.5. The molecular formula is C25H33N7O5S. The number of ether oxygens (including phenoxy) is 1. The maximum absolute atomic E-state index is 12.9. The summed E-state index contributed by atoms with van der Waals surface area (Å²) < 4.78 is 33.0. The number of imidazole rings is 1. The Hall–Kier alpha value is -3.13. The van der Waals surface area contributed by atoms with E-state index >= 15 is 0 Å². The fraction of sp³-hybridized carbons (Fsp3) is 0.520. The maximum Gasteiger partial charge on any atom is 0.167 e. The van der Waals surface area contributed by atoms with Gasteiger partial charge in [-0.15, -0.1) is 0 Å². The second-order valence-corrected chi connectivity index (χ2v) is 13.3. The van der Waals surface area contributed by atoms with Crippen LogP contribution in [0.3, 0.4) is 0 Å². The molecule has 0 bridgehead atoms. The Kier molecular flexibility index (Phi) is 6.66. The number of sulfone groups is 1. The number of nitrogens with zero attached hydrogens (tertiary/aromatic N) is 5. The number of aliphatic hydroxyl groups excluding tert-OH is 2. The molecule has 1 unspecified atom stereocenters. The van der Waals surface area contributed by atoms with E-state index in [0.29, 0.717) is 29.0 Å². The zero-order valence-electron chi connectivity index (χ0n) is 21.5. The predicted octanol–water partition coefficient (Wildman–Crippen LogP) is 1.50. The smallest absolute Gasteiger partial charge is 0.167 e. The summed E-state index contributed by atoms with van der Waals surface area (Å²) in [5.74, 6) is -0.281. The van der Waals surface area contributed by atoms with Crippen LogP contribution in [0, 0.1) is 5.92 Å². The molecule has 38 heavy (non-hydrogen) atoms. The molecule has 12 nitrogen and oxygen atoms in total. The summed E-state index contributed by atoms with van der Waals surface area (Å²) in [5, 5.41) is 21.2. The SMILES string of the molecule is CC(C)(C)c1ccc(N)c(/N=C2\CC2CCS(=O)(=O)C[C@H]2O[C@@H](n3cnc4c(N)ncnc43)[C@H](O)[C@@H]2O)c1. The van der Waals surface area contributed by atoms with Gasteiger partial charge in [-0.1, -0.05) is 26.8 Å². The number of aromatic nitrogens is 4. The zero-order valence-corrected chi connectivity index (χ0v) is 22.3. The van der Waals surface area contributed by atoms with Gasteiger partial charge in [0, 0.05) is 11.6 Å². The van der Waals surface area contributed by atoms with Gasteiger partial charge < -0.3 is 26.4 Å². The molecule has 1 saturated heterocycles. The van der Waals surface area contributed by atoms with Crippen LogP contribution in [-0.2, 0) is 20.0 Å². The van der Waals surface area contributed by atoms with Gasteiger partial charge >= 0.3 is 0 Å². The van der Waals surface area contributed by atoms with Crippen LogP contribution >= 0.6 is 0 Å². The van der Waals surface area contributed by atoms with E-state index < -0.39 is 40.1 Å². The van der Waals surface area contributed by atoms with Gasteiger partial charge in [-0.2, -0.15) is 0 Å². The van der Waals surface area contributed by atoms with E-state index in [1.165, 1.54) is 17.2 Å². The summed E-state index contributed by atoms with van der Waals surface area (Å²) in [6, 6.07) is 5.83. The lowest BCUT2D eigenvalue weighted by molar-refractivity contribution is -0.0292. The van der Waals surface area contributed by atoms with Crippen LogP contribution in [0.2, 0.25) is 0 Å². The van der Waals surface area contributed by atoms with Crippen LogP contribution in [0.1, 0.15) is 45.4 Å². The second kappa shape index (κ2) is 9.56. The predicted molar refractivity (Wildman–Crippen MR) is 144 cm³/mol. The Balaban J connectivity index is 1.21. The maximum atomic E-state index is 12.9. The summed E-state index contributed by atoms with van der Waals surface area (Å²) in [6.45, 7) is 6.36. The molecule has 3 aromatic rings. The summed E-state index contributed by atoms with van der Waals surface area (Å²) in [7, 11) is -3.59. The minimum atomic E-state index is -3.59. The minimum absolute atomic E-state index is 0.0365. The normalized spacial score (nSPS) is 26.9. The Morgan fingerprint density at radius 1 is 1.16 bits per heavy atom. The molecule has 6 N–H and O–H groups in total. The van der Waals surface area contributed by atoms with Crippen molar-refractivity contribution >= 4 is 43.9 Å². The molecule has 1 aliphatic heterocycles. The highest BCUT2D eigenvalue weighted by Crippen LogP contribution is 2.37. The summed E-state index contributed by atoms with van der Waals surface area (Å²) in [4.78, 5) is 16.8. The number of nitrogens with two attached hydrogens (primary N) is 2. The number of rotatable bonds is 7. The zero-order chi connectivity index (χ0) is 27.4. The van der Waals surface area contributed by atoms with Crippen LogP contribution in [0.4, 0.5) is 17.2 Å². The van der Waals surface area contributed by atoms with Crippen molar-refractivity contribution in [1.82, 2.24) is 19.5 Å². The molecule has 5 rings (SSSR count). The van der Waals surface area contributed by atoms with Gasteiger partial charge in [0.1, 0.15) is 30.2 Å². The number of hydrogen-bond acceptors (Lipinski definition) is 11. The van der Waals surface area contributed by atoms with Crippen molar-refractivity contribution < 1.29 is 23.4 Å². The molecule has 204 valence electrons. The van der Waals surface area contributed by atoms with E-state index in [1.54, 1.807) is 0 Å². The number of nitrogen functional groups attached to an aromatic ring is 2. The topological polar surface area (TPSA) is 192 Å². The van der Waals surface area contributed by atoms with E-state index in [2.05, 4.69) is 35.7 Å². The van der Waals surface area contributed by atoms with Crippen molar-refractivity contribution in [2.75, 3.05) is 23.0 Å². The Labute approximate surface area is 220 Å². The molecule has 2 aliphatic rings. The first-order valence-corrected chi connectivity index (χ1v) is 14.3. The van der Waals surface area contributed by atoms with Crippen LogP contribution < -0.4 is 11.5 Å². The van der Waals surface area contributed by atoms with Crippen LogP contribution in [0.25, 0.3) is 11.2 Å². The monoisotopic (exact) mass is 543 g/mol. The Morgan fingerprint density at radius 3 is 2.66 bits per heavy atom. The van der Waals surface area contributed by atoms with Gasteiger partial charge in [0.2, 0.25) is 0 Å². The van der Waals surface area contributed by atoms with Crippen LogP contribution in [0.15, 0.2) is 35.8 Å². The quantitative estimate of drug-likeness (QED) is 0.317. The van der Waals surface area contributed by atoms with Crippen molar-refractivity contribution in [1.29, 1.82) is 0 Å². The number of hydrogen-bond donors (Lipinski definition) is 4. The van der Waals surface area contributed by atoms with Gasteiger partial charge in [-0.3, -0.25) is 9.56 Å². The summed E-state index contributed by atoms with van der Waals surface area (Å²) >= 11 is 0. The van der Waals surface area contributed by atoms with Crippen molar-refractivity contribution in [3.05, 3.63) is 36.4 Å². The fourth-order valence-electron chi connectivity index (χ4n) is 4.67. The third-order valence-corrected chi connectivity index (χ3v) is 8.82. The molecule has 0 radical (unpaired) electrons. The van der Waals surface area contributed by atoms with E-state index in [1.807, 2.05) is 18.2 Å². The van der Waals surface area contributed by atoms with Crippen molar-refractivity contribution in [3.63, 3.8) is 0 Å². The molecule has 2 aromatic heterocycles. The lowest BCUT2D eigenvalue weighted by Crippen LogP contribution is -2.36. The molecule has 1 aromatic carbocycles. The number of aliphatic hydroxyl groups is 2. The number of fused-ring (bicyclic) bond motifs is 1. The van der Waals surface area contributed by atoms with Gasteiger partial charge in [-0.05, 0) is 36.0 Å². The van der Waals surface area contributed by atoms with Gasteiger partial charge in [0.15, 0.2) is 27.5 Å². The molecule has 3 heterocycles. The number of anilines is 2. The van der Waals surface area contributed by atoms with E-state index in [-0.39, 0.29) is 22.9 Å². The number of benzene rings is 1. The molecule has 13 heteroatoms. The highest BCUT2D eigenvalue weighted by atomic mass is 32.2. The second-order valence-electron chi connectivity index (χ2n) is 11.1. The first kappa shape index (κ1) is 26.5.